The first-order chi connectivity index (χ1) is 9.23. The number of rotatable bonds is 4. The van der Waals surface area contributed by atoms with Gasteiger partial charge in [-0.25, -0.2) is 0 Å². The SMILES string of the molecule is COc1ccc(CN2CC3(C[C@@H](OC)CS3)C2)cc1. The summed E-state index contributed by atoms with van der Waals surface area (Å²) in [5, 5.41) is 0. The van der Waals surface area contributed by atoms with E-state index in [1.807, 2.05) is 19.2 Å². The number of benzene rings is 1. The van der Waals surface area contributed by atoms with Crippen LogP contribution in [0.1, 0.15) is 12.0 Å². The number of ether oxygens (including phenoxy) is 2. The smallest absolute Gasteiger partial charge is 0.118 e. The molecule has 0 aliphatic carbocycles. The maximum absolute atomic E-state index is 5.47. The Morgan fingerprint density at radius 1 is 1.26 bits per heavy atom. The van der Waals surface area contributed by atoms with Crippen molar-refractivity contribution < 1.29 is 9.47 Å². The summed E-state index contributed by atoms with van der Waals surface area (Å²) in [6.07, 6.45) is 1.68. The summed E-state index contributed by atoms with van der Waals surface area (Å²) in [6.45, 7) is 3.44. The number of nitrogens with zero attached hydrogens (tertiary/aromatic N) is 1. The molecule has 19 heavy (non-hydrogen) atoms. The lowest BCUT2D eigenvalue weighted by Gasteiger charge is -2.47. The standard InChI is InChI=1S/C15H21NO2S/c1-17-13-5-3-12(4-6-13)8-16-10-15(11-16)7-14(18-2)9-19-15/h3-6,14H,7-11H2,1-2H3/t14-/m1/s1. The predicted molar refractivity (Wildman–Crippen MR) is 78.9 cm³/mol. The van der Waals surface area contributed by atoms with Crippen LogP contribution in [0.3, 0.4) is 0 Å². The molecule has 2 aliphatic rings. The van der Waals surface area contributed by atoms with Crippen LogP contribution >= 0.6 is 11.8 Å². The molecule has 2 aliphatic heterocycles. The second kappa shape index (κ2) is 5.35. The van der Waals surface area contributed by atoms with Crippen LogP contribution in [-0.4, -0.2) is 48.8 Å². The Kier molecular flexibility index (Phi) is 3.74. The van der Waals surface area contributed by atoms with Crippen LogP contribution in [-0.2, 0) is 11.3 Å². The van der Waals surface area contributed by atoms with Crippen molar-refractivity contribution in [1.29, 1.82) is 0 Å². The molecule has 1 aromatic carbocycles. The Morgan fingerprint density at radius 3 is 2.58 bits per heavy atom. The summed E-state index contributed by atoms with van der Waals surface area (Å²) in [5.74, 6) is 2.09. The van der Waals surface area contributed by atoms with E-state index in [1.54, 1.807) is 7.11 Å². The molecule has 3 rings (SSSR count). The van der Waals surface area contributed by atoms with Crippen molar-refractivity contribution in [2.45, 2.75) is 23.8 Å². The number of hydrogen-bond donors (Lipinski definition) is 0. The van der Waals surface area contributed by atoms with E-state index in [2.05, 4.69) is 28.8 Å². The Labute approximate surface area is 119 Å². The highest BCUT2D eigenvalue weighted by molar-refractivity contribution is 8.01. The zero-order chi connectivity index (χ0) is 13.3. The van der Waals surface area contributed by atoms with Gasteiger partial charge in [-0.2, -0.15) is 0 Å². The van der Waals surface area contributed by atoms with Crippen molar-refractivity contribution >= 4 is 11.8 Å². The van der Waals surface area contributed by atoms with E-state index in [0.29, 0.717) is 10.9 Å². The van der Waals surface area contributed by atoms with Gasteiger partial charge in [0.2, 0.25) is 0 Å². The average Bonchev–Trinajstić information content (AvgIpc) is 2.84. The molecule has 4 heteroatoms. The molecule has 0 N–H and O–H groups in total. The number of likely N-dealkylation sites (tertiary alicyclic amines) is 1. The molecule has 0 bridgehead atoms. The van der Waals surface area contributed by atoms with Crippen molar-refractivity contribution in [3.63, 3.8) is 0 Å². The topological polar surface area (TPSA) is 21.7 Å². The lowest BCUT2D eigenvalue weighted by Crippen LogP contribution is -2.58. The summed E-state index contributed by atoms with van der Waals surface area (Å²) in [4.78, 5) is 2.52. The maximum atomic E-state index is 5.47. The average molecular weight is 279 g/mol. The molecule has 0 radical (unpaired) electrons. The van der Waals surface area contributed by atoms with Crippen molar-refractivity contribution in [3.05, 3.63) is 29.8 Å². The van der Waals surface area contributed by atoms with Gasteiger partial charge < -0.3 is 9.47 Å². The predicted octanol–water partition coefficient (Wildman–Crippen LogP) is 2.40. The number of hydrogen-bond acceptors (Lipinski definition) is 4. The first kappa shape index (κ1) is 13.3. The summed E-state index contributed by atoms with van der Waals surface area (Å²) < 4.78 is 11.1. The van der Waals surface area contributed by atoms with E-state index in [9.17, 15) is 0 Å². The van der Waals surface area contributed by atoms with Crippen LogP contribution in [0.2, 0.25) is 0 Å². The van der Waals surface area contributed by atoms with Gasteiger partial charge in [-0.3, -0.25) is 4.90 Å². The fourth-order valence-corrected chi connectivity index (χ4v) is 4.69. The summed E-state index contributed by atoms with van der Waals surface area (Å²) in [6, 6.07) is 8.39. The number of thioether (sulfide) groups is 1. The Bertz CT molecular complexity index is 428. The quantitative estimate of drug-likeness (QED) is 0.843. The lowest BCUT2D eigenvalue weighted by molar-refractivity contribution is 0.0631. The molecular formula is C15H21NO2S. The van der Waals surface area contributed by atoms with Crippen LogP contribution in [0.25, 0.3) is 0 Å². The molecule has 1 spiro atoms. The highest BCUT2D eigenvalue weighted by atomic mass is 32.2. The minimum Gasteiger partial charge on any atom is -0.497 e. The van der Waals surface area contributed by atoms with E-state index in [4.69, 9.17) is 9.47 Å². The fraction of sp³-hybridized carbons (Fsp3) is 0.600. The second-order valence-corrected chi connectivity index (χ2v) is 7.04. The van der Waals surface area contributed by atoms with E-state index in [0.717, 1.165) is 18.0 Å². The molecule has 0 aromatic heterocycles. The first-order valence-corrected chi connectivity index (χ1v) is 7.74. The lowest BCUT2D eigenvalue weighted by atomic mass is 9.92. The van der Waals surface area contributed by atoms with Crippen molar-refractivity contribution in [2.24, 2.45) is 0 Å². The van der Waals surface area contributed by atoms with Crippen molar-refractivity contribution in [1.82, 2.24) is 4.90 Å². The van der Waals surface area contributed by atoms with E-state index < -0.39 is 0 Å². The van der Waals surface area contributed by atoms with Crippen molar-refractivity contribution in [2.75, 3.05) is 33.1 Å². The van der Waals surface area contributed by atoms with Gasteiger partial charge in [0.25, 0.3) is 0 Å². The van der Waals surface area contributed by atoms with Gasteiger partial charge in [-0.1, -0.05) is 12.1 Å². The Hall–Kier alpha value is -0.710. The van der Waals surface area contributed by atoms with Gasteiger partial charge in [-0.15, -0.1) is 11.8 Å². The van der Waals surface area contributed by atoms with Crippen LogP contribution in [0.4, 0.5) is 0 Å². The normalized spacial score (nSPS) is 25.5. The highest BCUT2D eigenvalue weighted by Crippen LogP contribution is 2.46. The first-order valence-electron chi connectivity index (χ1n) is 6.75. The van der Waals surface area contributed by atoms with E-state index in [-0.39, 0.29) is 0 Å². The fourth-order valence-electron chi connectivity index (χ4n) is 3.04. The van der Waals surface area contributed by atoms with Crippen LogP contribution in [0.5, 0.6) is 5.75 Å². The summed E-state index contributed by atoms with van der Waals surface area (Å²) >= 11 is 2.10. The van der Waals surface area contributed by atoms with E-state index >= 15 is 0 Å². The highest BCUT2D eigenvalue weighted by Gasteiger charge is 2.48. The Balaban J connectivity index is 1.51. The third kappa shape index (κ3) is 2.76. The molecule has 3 nitrogen and oxygen atoms in total. The third-order valence-electron chi connectivity index (χ3n) is 4.10. The van der Waals surface area contributed by atoms with Crippen LogP contribution in [0.15, 0.2) is 24.3 Å². The second-order valence-electron chi connectivity index (χ2n) is 5.55. The zero-order valence-electron chi connectivity index (χ0n) is 11.6. The van der Waals surface area contributed by atoms with E-state index in [1.165, 1.54) is 25.1 Å². The number of methoxy groups -OCH3 is 2. The van der Waals surface area contributed by atoms with Gasteiger partial charge in [-0.05, 0) is 24.1 Å². The minimum atomic E-state index is 0.466. The molecule has 104 valence electrons. The maximum Gasteiger partial charge on any atom is 0.118 e. The minimum absolute atomic E-state index is 0.466. The van der Waals surface area contributed by atoms with Crippen molar-refractivity contribution in [3.8, 4) is 5.75 Å². The summed E-state index contributed by atoms with van der Waals surface area (Å²) in [7, 11) is 3.54. The molecule has 0 amide bonds. The van der Waals surface area contributed by atoms with Gasteiger partial charge in [0.05, 0.1) is 13.2 Å². The van der Waals surface area contributed by atoms with Gasteiger partial charge in [0, 0.05) is 37.2 Å². The third-order valence-corrected chi connectivity index (χ3v) is 5.67. The molecule has 2 saturated heterocycles. The molecule has 2 fully saturated rings. The van der Waals surface area contributed by atoms with Crippen LogP contribution in [0, 0.1) is 0 Å². The molecule has 0 unspecified atom stereocenters. The molecular weight excluding hydrogens is 258 g/mol. The zero-order valence-corrected chi connectivity index (χ0v) is 12.4. The monoisotopic (exact) mass is 279 g/mol. The molecule has 0 saturated carbocycles. The molecule has 2 heterocycles. The van der Waals surface area contributed by atoms with Gasteiger partial charge in [0.1, 0.15) is 5.75 Å². The Morgan fingerprint density at radius 2 is 2.00 bits per heavy atom. The molecule has 1 atom stereocenters. The van der Waals surface area contributed by atoms with Gasteiger partial charge in [0.15, 0.2) is 0 Å². The van der Waals surface area contributed by atoms with Gasteiger partial charge >= 0.3 is 0 Å². The van der Waals surface area contributed by atoms with Crippen LogP contribution < -0.4 is 4.74 Å². The largest absolute Gasteiger partial charge is 0.497 e. The molecule has 1 aromatic rings. The summed E-state index contributed by atoms with van der Waals surface area (Å²) in [5.41, 5.74) is 1.36.